The maximum absolute atomic E-state index is 5.92. The number of H-pyrrole nitrogens is 1. The van der Waals surface area contributed by atoms with Crippen molar-refractivity contribution in [2.45, 2.75) is 6.42 Å². The maximum atomic E-state index is 5.92. The van der Waals surface area contributed by atoms with Gasteiger partial charge in [0, 0.05) is 17.5 Å². The number of nitrogens with zero attached hydrogens (tertiary/aromatic N) is 3. The number of rotatable bonds is 3. The second-order valence-corrected chi connectivity index (χ2v) is 4.47. The van der Waals surface area contributed by atoms with Crippen molar-refractivity contribution in [3.63, 3.8) is 0 Å². The van der Waals surface area contributed by atoms with E-state index in [9.17, 15) is 0 Å². The summed E-state index contributed by atoms with van der Waals surface area (Å²) in [6.07, 6.45) is 0.549. The molecule has 0 aliphatic heterocycles. The Labute approximate surface area is 113 Å². The van der Waals surface area contributed by atoms with Crippen molar-refractivity contribution in [3.05, 3.63) is 46.7 Å². The molecule has 0 spiro atoms. The molecule has 0 fully saturated rings. The van der Waals surface area contributed by atoms with Crippen LogP contribution in [0.3, 0.4) is 0 Å². The van der Waals surface area contributed by atoms with E-state index in [0.717, 1.165) is 5.56 Å². The van der Waals surface area contributed by atoms with Gasteiger partial charge in [0.25, 0.3) is 5.89 Å². The fourth-order valence-electron chi connectivity index (χ4n) is 1.71. The lowest BCUT2D eigenvalue weighted by Crippen LogP contribution is -1.90. The molecule has 0 radical (unpaired) electrons. The van der Waals surface area contributed by atoms with Gasteiger partial charge in [0.05, 0.1) is 0 Å². The van der Waals surface area contributed by atoms with Crippen molar-refractivity contribution < 1.29 is 4.52 Å². The molecule has 0 atom stereocenters. The molecule has 96 valence electrons. The van der Waals surface area contributed by atoms with Gasteiger partial charge in [-0.3, -0.25) is 5.10 Å². The molecular formula is C12H10ClN5O. The number of halogens is 1. The van der Waals surface area contributed by atoms with E-state index >= 15 is 0 Å². The van der Waals surface area contributed by atoms with Crippen LogP contribution in [0.25, 0.3) is 11.6 Å². The minimum absolute atomic E-state index is 0.362. The first-order valence-corrected chi connectivity index (χ1v) is 5.97. The topological polar surface area (TPSA) is 93.6 Å². The van der Waals surface area contributed by atoms with Crippen molar-refractivity contribution in [3.8, 4) is 11.6 Å². The Hall–Kier alpha value is -2.34. The minimum atomic E-state index is 0.362. The summed E-state index contributed by atoms with van der Waals surface area (Å²) in [5.41, 5.74) is 7.13. The Balaban J connectivity index is 1.82. The molecule has 7 heteroatoms. The van der Waals surface area contributed by atoms with E-state index in [1.165, 1.54) is 0 Å². The molecule has 3 aromatic rings. The van der Waals surface area contributed by atoms with Crippen LogP contribution in [0.4, 0.5) is 5.82 Å². The second-order valence-electron chi connectivity index (χ2n) is 4.03. The average molecular weight is 276 g/mol. The smallest absolute Gasteiger partial charge is 0.276 e. The number of hydrogen-bond donors (Lipinski definition) is 2. The van der Waals surface area contributed by atoms with Crippen LogP contribution in [0.2, 0.25) is 5.02 Å². The normalized spacial score (nSPS) is 10.8. The summed E-state index contributed by atoms with van der Waals surface area (Å²) in [7, 11) is 0. The van der Waals surface area contributed by atoms with E-state index in [1.54, 1.807) is 6.07 Å². The van der Waals surface area contributed by atoms with Crippen molar-refractivity contribution >= 4 is 17.4 Å². The van der Waals surface area contributed by atoms with Gasteiger partial charge in [0.15, 0.2) is 5.82 Å². The third kappa shape index (κ3) is 2.58. The fourth-order valence-corrected chi connectivity index (χ4v) is 1.92. The Morgan fingerprint density at radius 2 is 2.21 bits per heavy atom. The zero-order valence-corrected chi connectivity index (χ0v) is 10.6. The van der Waals surface area contributed by atoms with Gasteiger partial charge < -0.3 is 10.3 Å². The summed E-state index contributed by atoms with van der Waals surface area (Å²) >= 11 is 5.92. The molecule has 2 aromatic heterocycles. The monoisotopic (exact) mass is 275 g/mol. The molecule has 0 aliphatic rings. The number of nitrogens with one attached hydrogen (secondary N) is 1. The number of nitrogens with two attached hydrogens (primary N) is 1. The number of aromatic amines is 1. The van der Waals surface area contributed by atoms with Crippen LogP contribution in [-0.4, -0.2) is 20.3 Å². The van der Waals surface area contributed by atoms with Crippen LogP contribution in [0.1, 0.15) is 11.4 Å². The van der Waals surface area contributed by atoms with Crippen LogP contribution in [0, 0.1) is 0 Å². The molecule has 0 unspecified atom stereocenters. The lowest BCUT2D eigenvalue weighted by atomic mass is 10.1. The van der Waals surface area contributed by atoms with Crippen LogP contribution in [0.5, 0.6) is 0 Å². The molecule has 6 nitrogen and oxygen atoms in total. The third-order valence-corrected chi connectivity index (χ3v) is 2.78. The lowest BCUT2D eigenvalue weighted by Gasteiger charge is -1.96. The molecule has 0 aliphatic carbocycles. The molecule has 3 N–H and O–H groups in total. The summed E-state index contributed by atoms with van der Waals surface area (Å²) in [5, 5.41) is 11.1. The first-order chi connectivity index (χ1) is 9.20. The van der Waals surface area contributed by atoms with Gasteiger partial charge in [-0.2, -0.15) is 10.1 Å². The van der Waals surface area contributed by atoms with Gasteiger partial charge in [-0.25, -0.2) is 0 Å². The molecule has 19 heavy (non-hydrogen) atoms. The highest BCUT2D eigenvalue weighted by molar-refractivity contribution is 6.30. The largest absolute Gasteiger partial charge is 0.382 e. The Kier molecular flexibility index (Phi) is 2.92. The molecule has 1 aromatic carbocycles. The maximum Gasteiger partial charge on any atom is 0.276 e. The Morgan fingerprint density at radius 3 is 2.95 bits per heavy atom. The lowest BCUT2D eigenvalue weighted by molar-refractivity contribution is 0.422. The van der Waals surface area contributed by atoms with E-state index in [-0.39, 0.29) is 0 Å². The van der Waals surface area contributed by atoms with Crippen LogP contribution < -0.4 is 5.73 Å². The van der Waals surface area contributed by atoms with Crippen molar-refractivity contribution in [2.24, 2.45) is 0 Å². The number of benzene rings is 1. The first kappa shape index (κ1) is 11.7. The summed E-state index contributed by atoms with van der Waals surface area (Å²) in [6.45, 7) is 0. The molecule has 0 saturated carbocycles. The minimum Gasteiger partial charge on any atom is -0.382 e. The molecule has 0 bridgehead atoms. The number of hydrogen-bond acceptors (Lipinski definition) is 5. The van der Waals surface area contributed by atoms with E-state index < -0.39 is 0 Å². The summed E-state index contributed by atoms with van der Waals surface area (Å²) in [6, 6.07) is 9.16. The van der Waals surface area contributed by atoms with Crippen molar-refractivity contribution in [2.75, 3.05) is 5.73 Å². The molecule has 0 saturated heterocycles. The highest BCUT2D eigenvalue weighted by Gasteiger charge is 2.11. The molecular weight excluding hydrogens is 266 g/mol. The number of anilines is 1. The zero-order valence-electron chi connectivity index (χ0n) is 9.80. The predicted molar refractivity (Wildman–Crippen MR) is 70.6 cm³/mol. The third-order valence-electron chi connectivity index (χ3n) is 2.55. The summed E-state index contributed by atoms with van der Waals surface area (Å²) < 4.78 is 5.15. The zero-order chi connectivity index (χ0) is 13.2. The van der Waals surface area contributed by atoms with Gasteiger partial charge in [-0.15, -0.1) is 0 Å². The predicted octanol–water partition coefficient (Wildman–Crippen LogP) is 2.29. The SMILES string of the molecule is Nc1cc(-c2nc(Cc3cccc(Cl)c3)no2)[nH]n1. The second kappa shape index (κ2) is 4.74. The highest BCUT2D eigenvalue weighted by Crippen LogP contribution is 2.18. The molecule has 0 amide bonds. The highest BCUT2D eigenvalue weighted by atomic mass is 35.5. The van der Waals surface area contributed by atoms with Crippen molar-refractivity contribution in [1.82, 2.24) is 20.3 Å². The van der Waals surface area contributed by atoms with E-state index in [4.69, 9.17) is 21.9 Å². The van der Waals surface area contributed by atoms with Crippen LogP contribution in [0.15, 0.2) is 34.9 Å². The van der Waals surface area contributed by atoms with Gasteiger partial charge in [-0.05, 0) is 17.7 Å². The van der Waals surface area contributed by atoms with Gasteiger partial charge in [0.2, 0.25) is 0 Å². The first-order valence-electron chi connectivity index (χ1n) is 5.59. The Morgan fingerprint density at radius 1 is 1.32 bits per heavy atom. The summed E-state index contributed by atoms with van der Waals surface area (Å²) in [4.78, 5) is 4.27. The quantitative estimate of drug-likeness (QED) is 0.765. The molecule has 3 rings (SSSR count). The standard InChI is InChI=1S/C12H10ClN5O/c13-8-3-1-2-7(4-8)5-11-15-12(19-18-11)9-6-10(14)17-16-9/h1-4,6H,5H2,(H3,14,16,17). The van der Waals surface area contributed by atoms with Crippen LogP contribution >= 0.6 is 11.6 Å². The van der Waals surface area contributed by atoms with Crippen LogP contribution in [-0.2, 0) is 6.42 Å². The van der Waals surface area contributed by atoms with Gasteiger partial charge >= 0.3 is 0 Å². The summed E-state index contributed by atoms with van der Waals surface area (Å²) in [5.74, 6) is 1.32. The van der Waals surface area contributed by atoms with Crippen molar-refractivity contribution in [1.29, 1.82) is 0 Å². The fraction of sp³-hybridized carbons (Fsp3) is 0.0833. The average Bonchev–Trinajstić information content (AvgIpc) is 2.98. The van der Waals surface area contributed by atoms with E-state index in [1.807, 2.05) is 24.3 Å². The number of nitrogen functional groups attached to an aromatic ring is 1. The van der Waals surface area contributed by atoms with E-state index in [0.29, 0.717) is 34.7 Å². The van der Waals surface area contributed by atoms with Gasteiger partial charge in [-0.1, -0.05) is 28.9 Å². The molecule has 2 heterocycles. The van der Waals surface area contributed by atoms with Gasteiger partial charge in [0.1, 0.15) is 11.5 Å². The van der Waals surface area contributed by atoms with E-state index in [2.05, 4.69) is 20.3 Å². The Bertz CT molecular complexity index is 705. The number of aromatic nitrogens is 4.